The van der Waals surface area contributed by atoms with E-state index in [1.54, 1.807) is 0 Å². The summed E-state index contributed by atoms with van der Waals surface area (Å²) < 4.78 is 0. The first-order chi connectivity index (χ1) is 8.16. The van der Waals surface area contributed by atoms with E-state index in [0.29, 0.717) is 0 Å². The first-order valence-electron chi connectivity index (χ1n) is 5.61. The van der Waals surface area contributed by atoms with Crippen LogP contribution in [0.2, 0.25) is 5.02 Å². The molecule has 0 aromatic heterocycles. The predicted molar refractivity (Wildman–Crippen MR) is 74.9 cm³/mol. The van der Waals surface area contributed by atoms with Crippen LogP contribution < -0.4 is 0 Å². The number of hydrogen-bond acceptors (Lipinski definition) is 0. The molecule has 0 aliphatic rings. The Labute approximate surface area is 112 Å². The highest BCUT2D eigenvalue weighted by Crippen LogP contribution is 2.27. The lowest BCUT2D eigenvalue weighted by Gasteiger charge is -2.12. The van der Waals surface area contributed by atoms with Crippen molar-refractivity contribution in [1.29, 1.82) is 0 Å². The summed E-state index contributed by atoms with van der Waals surface area (Å²) in [7, 11) is 0. The Kier molecular flexibility index (Phi) is 4.09. The average molecular weight is 265 g/mol. The molecule has 0 nitrogen and oxygen atoms in total. The molecule has 0 N–H and O–H groups in total. The summed E-state index contributed by atoms with van der Waals surface area (Å²) in [4.78, 5) is 0. The van der Waals surface area contributed by atoms with Crippen molar-refractivity contribution in [1.82, 2.24) is 0 Å². The number of benzene rings is 2. The summed E-state index contributed by atoms with van der Waals surface area (Å²) >= 11 is 12.3. The zero-order valence-electron chi connectivity index (χ0n) is 9.66. The van der Waals surface area contributed by atoms with Crippen LogP contribution in [0, 0.1) is 6.92 Å². The third-order valence-electron chi connectivity index (χ3n) is 2.85. The smallest absolute Gasteiger partial charge is 0.0628 e. The molecule has 0 spiro atoms. The average Bonchev–Trinajstić information content (AvgIpc) is 2.32. The molecule has 17 heavy (non-hydrogen) atoms. The van der Waals surface area contributed by atoms with Gasteiger partial charge in [0.05, 0.1) is 5.38 Å². The molecule has 1 unspecified atom stereocenters. The van der Waals surface area contributed by atoms with E-state index in [1.165, 1.54) is 16.7 Å². The highest BCUT2D eigenvalue weighted by molar-refractivity contribution is 6.30. The summed E-state index contributed by atoms with van der Waals surface area (Å²) in [5.74, 6) is 0. The van der Waals surface area contributed by atoms with E-state index in [9.17, 15) is 0 Å². The summed E-state index contributed by atoms with van der Waals surface area (Å²) in [5, 5.41) is 0.771. The lowest BCUT2D eigenvalue weighted by Crippen LogP contribution is -1.98. The maximum Gasteiger partial charge on any atom is 0.0628 e. The minimum Gasteiger partial charge on any atom is -0.117 e. The molecular weight excluding hydrogens is 251 g/mol. The van der Waals surface area contributed by atoms with Gasteiger partial charge in [-0.1, -0.05) is 48.0 Å². The van der Waals surface area contributed by atoms with Gasteiger partial charge in [-0.25, -0.2) is 0 Å². The van der Waals surface area contributed by atoms with Crippen LogP contribution in [0.1, 0.15) is 22.1 Å². The van der Waals surface area contributed by atoms with Crippen molar-refractivity contribution in [2.75, 3.05) is 0 Å². The number of hydrogen-bond donors (Lipinski definition) is 0. The molecular formula is C15H14Cl2. The first-order valence-corrected chi connectivity index (χ1v) is 6.42. The molecule has 0 aliphatic heterocycles. The Morgan fingerprint density at radius 3 is 2.29 bits per heavy atom. The fourth-order valence-corrected chi connectivity index (χ4v) is 2.42. The van der Waals surface area contributed by atoms with Crippen LogP contribution in [0.3, 0.4) is 0 Å². The summed E-state index contributed by atoms with van der Waals surface area (Å²) in [6, 6.07) is 16.1. The minimum absolute atomic E-state index is 0.0115. The Morgan fingerprint density at radius 2 is 1.65 bits per heavy atom. The SMILES string of the molecule is Cc1ccccc1C(Cl)Cc1ccc(Cl)cc1. The van der Waals surface area contributed by atoms with Gasteiger partial charge < -0.3 is 0 Å². The Balaban J connectivity index is 2.14. The number of alkyl halides is 1. The lowest BCUT2D eigenvalue weighted by molar-refractivity contribution is 0.910. The quantitative estimate of drug-likeness (QED) is 0.671. The molecule has 88 valence electrons. The zero-order chi connectivity index (χ0) is 12.3. The van der Waals surface area contributed by atoms with Gasteiger partial charge in [0.25, 0.3) is 0 Å². The zero-order valence-corrected chi connectivity index (χ0v) is 11.2. The van der Waals surface area contributed by atoms with Crippen molar-refractivity contribution in [3.63, 3.8) is 0 Å². The second kappa shape index (κ2) is 5.57. The molecule has 0 saturated carbocycles. The van der Waals surface area contributed by atoms with Gasteiger partial charge in [0.1, 0.15) is 0 Å². The van der Waals surface area contributed by atoms with Crippen molar-refractivity contribution in [3.05, 3.63) is 70.2 Å². The van der Waals surface area contributed by atoms with E-state index in [1.807, 2.05) is 36.4 Å². The lowest BCUT2D eigenvalue weighted by atomic mass is 10.0. The van der Waals surface area contributed by atoms with Gasteiger partial charge in [-0.05, 0) is 42.2 Å². The summed E-state index contributed by atoms with van der Waals surface area (Å²) in [6.07, 6.45) is 0.823. The Bertz CT molecular complexity index is 489. The van der Waals surface area contributed by atoms with Gasteiger partial charge in [-0.15, -0.1) is 11.6 Å². The molecule has 0 bridgehead atoms. The van der Waals surface area contributed by atoms with Crippen LogP contribution in [0.4, 0.5) is 0 Å². The summed E-state index contributed by atoms with van der Waals surface area (Å²) in [5.41, 5.74) is 3.64. The maximum atomic E-state index is 6.45. The van der Waals surface area contributed by atoms with Crippen molar-refractivity contribution in [2.45, 2.75) is 18.7 Å². The maximum absolute atomic E-state index is 6.45. The topological polar surface area (TPSA) is 0 Å². The van der Waals surface area contributed by atoms with Gasteiger partial charge >= 0.3 is 0 Å². The van der Waals surface area contributed by atoms with Gasteiger partial charge in [0.15, 0.2) is 0 Å². The number of halogens is 2. The first kappa shape index (κ1) is 12.5. The third kappa shape index (κ3) is 3.24. The van der Waals surface area contributed by atoms with Crippen molar-refractivity contribution in [2.24, 2.45) is 0 Å². The van der Waals surface area contributed by atoms with Gasteiger partial charge in [0, 0.05) is 5.02 Å². The van der Waals surface area contributed by atoms with E-state index >= 15 is 0 Å². The standard InChI is InChI=1S/C15H14Cl2/c1-11-4-2-3-5-14(11)15(17)10-12-6-8-13(16)9-7-12/h2-9,15H,10H2,1H3. The van der Waals surface area contributed by atoms with Crippen molar-refractivity contribution < 1.29 is 0 Å². The second-order valence-electron chi connectivity index (χ2n) is 4.15. The molecule has 2 rings (SSSR count). The molecule has 0 heterocycles. The Hall–Kier alpha value is -0.980. The van der Waals surface area contributed by atoms with E-state index < -0.39 is 0 Å². The molecule has 0 saturated heterocycles. The Morgan fingerprint density at radius 1 is 1.00 bits per heavy atom. The van der Waals surface area contributed by atoms with Crippen LogP contribution in [0.5, 0.6) is 0 Å². The van der Waals surface area contributed by atoms with Crippen LogP contribution in [0.25, 0.3) is 0 Å². The molecule has 1 atom stereocenters. The predicted octanol–water partition coefficient (Wildman–Crippen LogP) is 5.17. The van der Waals surface area contributed by atoms with Crippen LogP contribution in [0.15, 0.2) is 48.5 Å². The largest absolute Gasteiger partial charge is 0.117 e. The normalized spacial score (nSPS) is 12.4. The molecule has 2 heteroatoms. The van der Waals surface area contributed by atoms with Crippen LogP contribution >= 0.6 is 23.2 Å². The van der Waals surface area contributed by atoms with E-state index in [4.69, 9.17) is 23.2 Å². The van der Waals surface area contributed by atoms with E-state index in [0.717, 1.165) is 11.4 Å². The fourth-order valence-electron chi connectivity index (χ4n) is 1.88. The van der Waals surface area contributed by atoms with Crippen molar-refractivity contribution >= 4 is 23.2 Å². The third-order valence-corrected chi connectivity index (χ3v) is 3.50. The minimum atomic E-state index is 0.0115. The second-order valence-corrected chi connectivity index (χ2v) is 5.12. The van der Waals surface area contributed by atoms with E-state index in [2.05, 4.69) is 19.1 Å². The monoisotopic (exact) mass is 264 g/mol. The highest BCUT2D eigenvalue weighted by atomic mass is 35.5. The molecule has 0 fully saturated rings. The molecule has 0 radical (unpaired) electrons. The van der Waals surface area contributed by atoms with Crippen LogP contribution in [-0.2, 0) is 6.42 Å². The fraction of sp³-hybridized carbons (Fsp3) is 0.200. The van der Waals surface area contributed by atoms with E-state index in [-0.39, 0.29) is 5.38 Å². The van der Waals surface area contributed by atoms with Gasteiger partial charge in [-0.3, -0.25) is 0 Å². The molecule has 0 aliphatic carbocycles. The van der Waals surface area contributed by atoms with Crippen LogP contribution in [-0.4, -0.2) is 0 Å². The highest BCUT2D eigenvalue weighted by Gasteiger charge is 2.10. The molecule has 2 aromatic rings. The number of rotatable bonds is 3. The van der Waals surface area contributed by atoms with Gasteiger partial charge in [-0.2, -0.15) is 0 Å². The number of aryl methyl sites for hydroxylation is 1. The molecule has 0 amide bonds. The van der Waals surface area contributed by atoms with Gasteiger partial charge in [0.2, 0.25) is 0 Å². The molecule has 2 aromatic carbocycles. The van der Waals surface area contributed by atoms with Crippen molar-refractivity contribution in [3.8, 4) is 0 Å². The summed E-state index contributed by atoms with van der Waals surface area (Å²) in [6.45, 7) is 2.09.